The van der Waals surface area contributed by atoms with Gasteiger partial charge in [0.25, 0.3) is 5.91 Å². The fraction of sp³-hybridized carbons (Fsp3) is 0.421. The van der Waals surface area contributed by atoms with Crippen molar-refractivity contribution < 1.29 is 9.53 Å². The number of amides is 1. The van der Waals surface area contributed by atoms with Crippen LogP contribution in [-0.2, 0) is 4.74 Å². The van der Waals surface area contributed by atoms with Crippen LogP contribution in [0.4, 0.5) is 0 Å². The van der Waals surface area contributed by atoms with Crippen LogP contribution >= 0.6 is 0 Å². The summed E-state index contributed by atoms with van der Waals surface area (Å²) in [6.07, 6.45) is 8.32. The van der Waals surface area contributed by atoms with Crippen molar-refractivity contribution in [3.05, 3.63) is 47.8 Å². The lowest BCUT2D eigenvalue weighted by Crippen LogP contribution is -2.48. The molecule has 2 aliphatic heterocycles. The van der Waals surface area contributed by atoms with Crippen LogP contribution in [0, 0.1) is 0 Å². The Bertz CT molecular complexity index is 807. The lowest BCUT2D eigenvalue weighted by Gasteiger charge is -2.42. The third kappa shape index (κ3) is 2.80. The topological polar surface area (TPSA) is 55.3 Å². The molecular weight excluding hydrogens is 302 g/mol. The summed E-state index contributed by atoms with van der Waals surface area (Å²) in [5, 5.41) is 0. The summed E-state index contributed by atoms with van der Waals surface area (Å²) in [6, 6.07) is 5.53. The quantitative estimate of drug-likeness (QED) is 0.757. The molecule has 0 radical (unpaired) electrons. The van der Waals surface area contributed by atoms with Crippen LogP contribution in [0.2, 0.25) is 0 Å². The van der Waals surface area contributed by atoms with Gasteiger partial charge in [-0.05, 0) is 44.4 Å². The van der Waals surface area contributed by atoms with Gasteiger partial charge in [-0.1, -0.05) is 11.6 Å². The Morgan fingerprint density at radius 3 is 2.67 bits per heavy atom. The molecule has 1 saturated heterocycles. The normalized spacial score (nSPS) is 20.2. The smallest absolute Gasteiger partial charge is 0.253 e. The van der Waals surface area contributed by atoms with Crippen LogP contribution < -0.4 is 0 Å². The average molecular weight is 323 g/mol. The number of piperidine rings is 1. The Kier molecular flexibility index (Phi) is 3.81. The largest absolute Gasteiger partial charge is 0.370 e. The van der Waals surface area contributed by atoms with Crippen molar-refractivity contribution in [2.75, 3.05) is 19.7 Å². The van der Waals surface area contributed by atoms with Crippen LogP contribution in [0.25, 0.3) is 11.0 Å². The van der Waals surface area contributed by atoms with E-state index in [0.29, 0.717) is 5.56 Å². The molecule has 0 aliphatic carbocycles. The van der Waals surface area contributed by atoms with Gasteiger partial charge in [-0.3, -0.25) is 14.8 Å². The number of rotatable bonds is 1. The molecule has 1 aromatic heterocycles. The zero-order valence-electron chi connectivity index (χ0n) is 13.9. The maximum absolute atomic E-state index is 12.8. The predicted octanol–water partition coefficient (Wildman–Crippen LogP) is 2.97. The highest BCUT2D eigenvalue weighted by Crippen LogP contribution is 2.33. The van der Waals surface area contributed by atoms with Gasteiger partial charge in [0.1, 0.15) is 0 Å². The number of benzene rings is 1. The molecule has 1 amide bonds. The maximum Gasteiger partial charge on any atom is 0.253 e. The molecule has 1 spiro atoms. The molecule has 3 heterocycles. The Labute approximate surface area is 141 Å². The molecule has 5 nitrogen and oxygen atoms in total. The number of nitrogens with zero attached hydrogens (tertiary/aromatic N) is 3. The van der Waals surface area contributed by atoms with E-state index in [1.807, 2.05) is 23.1 Å². The minimum absolute atomic E-state index is 0.0638. The summed E-state index contributed by atoms with van der Waals surface area (Å²) in [7, 11) is 0. The molecule has 0 bridgehead atoms. The van der Waals surface area contributed by atoms with E-state index < -0.39 is 0 Å². The van der Waals surface area contributed by atoms with Crippen molar-refractivity contribution in [1.29, 1.82) is 0 Å². The van der Waals surface area contributed by atoms with Crippen molar-refractivity contribution in [1.82, 2.24) is 14.9 Å². The highest BCUT2D eigenvalue weighted by Gasteiger charge is 2.36. The number of hydrogen-bond donors (Lipinski definition) is 0. The Balaban J connectivity index is 1.50. The van der Waals surface area contributed by atoms with Gasteiger partial charge in [-0.15, -0.1) is 0 Å². The molecule has 1 aromatic carbocycles. The minimum atomic E-state index is -0.159. The van der Waals surface area contributed by atoms with Gasteiger partial charge in [0, 0.05) is 31.0 Å². The van der Waals surface area contributed by atoms with E-state index in [1.54, 1.807) is 12.4 Å². The maximum atomic E-state index is 12.8. The molecule has 0 unspecified atom stereocenters. The molecule has 2 aliphatic rings. The molecule has 124 valence electrons. The van der Waals surface area contributed by atoms with E-state index in [4.69, 9.17) is 4.74 Å². The van der Waals surface area contributed by atoms with E-state index >= 15 is 0 Å². The van der Waals surface area contributed by atoms with E-state index in [0.717, 1.165) is 50.0 Å². The van der Waals surface area contributed by atoms with Crippen molar-refractivity contribution in [2.45, 2.75) is 31.8 Å². The lowest BCUT2D eigenvalue weighted by atomic mass is 9.87. The molecule has 1 fully saturated rings. The zero-order valence-corrected chi connectivity index (χ0v) is 13.9. The van der Waals surface area contributed by atoms with Crippen LogP contribution in [0.15, 0.2) is 42.2 Å². The molecule has 0 atom stereocenters. The highest BCUT2D eigenvalue weighted by atomic mass is 16.5. The van der Waals surface area contributed by atoms with Crippen molar-refractivity contribution in [3.8, 4) is 0 Å². The number of hydrogen-bond acceptors (Lipinski definition) is 4. The third-order valence-corrected chi connectivity index (χ3v) is 5.01. The van der Waals surface area contributed by atoms with Gasteiger partial charge >= 0.3 is 0 Å². The first-order valence-electron chi connectivity index (χ1n) is 8.48. The standard InChI is InChI=1S/C19H21N3O2/c1-14-4-11-24-19(13-14)5-9-22(10-6-19)18(23)15-2-3-16-17(12-15)21-8-7-20-16/h2-3,7-8,12-13H,4-6,9-11H2,1H3. The summed E-state index contributed by atoms with van der Waals surface area (Å²) in [5.41, 5.74) is 3.48. The summed E-state index contributed by atoms with van der Waals surface area (Å²) in [5.74, 6) is 0.0638. The van der Waals surface area contributed by atoms with E-state index in [-0.39, 0.29) is 11.5 Å². The highest BCUT2D eigenvalue weighted by molar-refractivity contribution is 5.97. The van der Waals surface area contributed by atoms with Crippen LogP contribution in [0.5, 0.6) is 0 Å². The molecule has 4 rings (SSSR count). The number of likely N-dealkylation sites (tertiary alicyclic amines) is 1. The second-order valence-electron chi connectivity index (χ2n) is 6.71. The Morgan fingerprint density at radius 1 is 1.17 bits per heavy atom. The first kappa shape index (κ1) is 15.3. The van der Waals surface area contributed by atoms with Crippen molar-refractivity contribution >= 4 is 16.9 Å². The summed E-state index contributed by atoms with van der Waals surface area (Å²) in [4.78, 5) is 23.3. The SMILES string of the molecule is CC1=CC2(CCN(C(=O)c3ccc4nccnc4c3)CC2)OCC1. The summed E-state index contributed by atoms with van der Waals surface area (Å²) >= 11 is 0. The van der Waals surface area contributed by atoms with Crippen molar-refractivity contribution in [2.24, 2.45) is 0 Å². The zero-order chi connectivity index (χ0) is 16.6. The van der Waals surface area contributed by atoms with Crippen LogP contribution in [-0.4, -0.2) is 46.1 Å². The van der Waals surface area contributed by atoms with Gasteiger partial charge in [0.05, 0.1) is 23.2 Å². The summed E-state index contributed by atoms with van der Waals surface area (Å²) < 4.78 is 6.04. The molecule has 2 aromatic rings. The fourth-order valence-corrected chi connectivity index (χ4v) is 3.63. The van der Waals surface area contributed by atoms with Crippen LogP contribution in [0.3, 0.4) is 0 Å². The molecule has 5 heteroatoms. The first-order valence-corrected chi connectivity index (χ1v) is 8.48. The molecule has 0 N–H and O–H groups in total. The fourth-order valence-electron chi connectivity index (χ4n) is 3.63. The third-order valence-electron chi connectivity index (χ3n) is 5.01. The van der Waals surface area contributed by atoms with Gasteiger partial charge in [-0.2, -0.15) is 0 Å². The number of fused-ring (bicyclic) bond motifs is 1. The van der Waals surface area contributed by atoms with E-state index in [1.165, 1.54) is 5.57 Å². The van der Waals surface area contributed by atoms with Gasteiger partial charge in [0.2, 0.25) is 0 Å². The molecular formula is C19H21N3O2. The second-order valence-corrected chi connectivity index (χ2v) is 6.71. The number of carbonyl (C=O) groups excluding carboxylic acids is 1. The minimum Gasteiger partial charge on any atom is -0.370 e. The van der Waals surface area contributed by atoms with E-state index in [9.17, 15) is 4.79 Å². The molecule has 24 heavy (non-hydrogen) atoms. The number of ether oxygens (including phenoxy) is 1. The van der Waals surface area contributed by atoms with Gasteiger partial charge in [-0.25, -0.2) is 0 Å². The first-order chi connectivity index (χ1) is 11.7. The Hall–Kier alpha value is -2.27. The number of carbonyl (C=O) groups is 1. The van der Waals surface area contributed by atoms with Gasteiger partial charge in [0.15, 0.2) is 0 Å². The van der Waals surface area contributed by atoms with Crippen LogP contribution in [0.1, 0.15) is 36.5 Å². The second kappa shape index (κ2) is 5.98. The summed E-state index contributed by atoms with van der Waals surface area (Å²) in [6.45, 7) is 4.40. The van der Waals surface area contributed by atoms with Crippen molar-refractivity contribution in [3.63, 3.8) is 0 Å². The van der Waals surface area contributed by atoms with Gasteiger partial charge < -0.3 is 9.64 Å². The average Bonchev–Trinajstić information content (AvgIpc) is 2.61. The Morgan fingerprint density at radius 2 is 1.92 bits per heavy atom. The molecule has 0 saturated carbocycles. The number of aromatic nitrogens is 2. The monoisotopic (exact) mass is 323 g/mol. The lowest BCUT2D eigenvalue weighted by molar-refractivity contribution is -0.0522. The predicted molar refractivity (Wildman–Crippen MR) is 91.7 cm³/mol. The van der Waals surface area contributed by atoms with E-state index in [2.05, 4.69) is 23.0 Å².